The van der Waals surface area contributed by atoms with Crippen LogP contribution in [0, 0.1) is 11.7 Å². The molecule has 0 aromatic carbocycles. The second-order valence-corrected chi connectivity index (χ2v) is 5.89. The lowest BCUT2D eigenvalue weighted by atomic mass is 10.1. The van der Waals surface area contributed by atoms with Gasteiger partial charge in [0.1, 0.15) is 0 Å². The van der Waals surface area contributed by atoms with E-state index in [1.54, 1.807) is 0 Å². The molecule has 100 valence electrons. The summed E-state index contributed by atoms with van der Waals surface area (Å²) in [5.74, 6) is -0.463. The topological polar surface area (TPSA) is 68.3 Å². The van der Waals surface area contributed by atoms with Crippen LogP contribution in [0.1, 0.15) is 12.8 Å². The Kier molecular flexibility index (Phi) is 4.26. The summed E-state index contributed by atoms with van der Waals surface area (Å²) < 4.78 is 44.4. The van der Waals surface area contributed by atoms with Gasteiger partial charge in [-0.3, -0.25) is 0 Å². The molecule has 2 rings (SSSR count). The Labute approximate surface area is 105 Å². The van der Waals surface area contributed by atoms with Gasteiger partial charge in [0.05, 0.1) is 0 Å². The third-order valence-corrected chi connectivity index (χ3v) is 4.24. The van der Waals surface area contributed by atoms with Crippen LogP contribution >= 0.6 is 0 Å². The van der Waals surface area contributed by atoms with Gasteiger partial charge in [-0.1, -0.05) is 0 Å². The Morgan fingerprint density at radius 3 is 3.06 bits per heavy atom. The molecule has 1 N–H and O–H groups in total. The Balaban J connectivity index is 1.93. The molecule has 1 fully saturated rings. The van der Waals surface area contributed by atoms with Gasteiger partial charge in [-0.05, 0) is 30.9 Å². The van der Waals surface area contributed by atoms with E-state index in [9.17, 15) is 12.8 Å². The first-order valence-electron chi connectivity index (χ1n) is 5.77. The second kappa shape index (κ2) is 5.73. The molecule has 1 aliphatic rings. The van der Waals surface area contributed by atoms with E-state index in [0.29, 0.717) is 18.9 Å². The predicted molar refractivity (Wildman–Crippen MR) is 62.9 cm³/mol. The van der Waals surface area contributed by atoms with Crippen molar-refractivity contribution in [1.82, 2.24) is 9.71 Å². The van der Waals surface area contributed by atoms with Gasteiger partial charge in [-0.15, -0.1) is 0 Å². The van der Waals surface area contributed by atoms with E-state index < -0.39 is 20.9 Å². The van der Waals surface area contributed by atoms with Crippen LogP contribution in [-0.2, 0) is 14.8 Å². The van der Waals surface area contributed by atoms with Crippen LogP contribution in [0.5, 0.6) is 0 Å². The monoisotopic (exact) mass is 274 g/mol. The van der Waals surface area contributed by atoms with Crippen molar-refractivity contribution >= 4 is 10.0 Å². The van der Waals surface area contributed by atoms with Crippen LogP contribution in [0.3, 0.4) is 0 Å². The number of hydrogen-bond acceptors (Lipinski definition) is 4. The highest BCUT2D eigenvalue weighted by Crippen LogP contribution is 2.16. The van der Waals surface area contributed by atoms with Gasteiger partial charge in [0.2, 0.25) is 5.03 Å². The minimum Gasteiger partial charge on any atom is -0.381 e. The molecule has 0 saturated carbocycles. The van der Waals surface area contributed by atoms with Gasteiger partial charge in [-0.25, -0.2) is 22.5 Å². The van der Waals surface area contributed by atoms with Crippen LogP contribution in [0.4, 0.5) is 4.39 Å². The third kappa shape index (κ3) is 3.24. The van der Waals surface area contributed by atoms with Crippen molar-refractivity contribution in [2.45, 2.75) is 17.9 Å². The van der Waals surface area contributed by atoms with Gasteiger partial charge in [0, 0.05) is 26.0 Å². The summed E-state index contributed by atoms with van der Waals surface area (Å²) >= 11 is 0. The summed E-state index contributed by atoms with van der Waals surface area (Å²) in [7, 11) is -3.86. The minimum absolute atomic E-state index is 0.270. The maximum atomic E-state index is 13.3. The number of ether oxygens (including phenoxy) is 1. The molecule has 1 atom stereocenters. The summed E-state index contributed by atoms with van der Waals surface area (Å²) in [4.78, 5) is 3.55. The number of aromatic nitrogens is 1. The molecule has 1 unspecified atom stereocenters. The Morgan fingerprint density at radius 1 is 1.56 bits per heavy atom. The molecular weight excluding hydrogens is 259 g/mol. The fourth-order valence-electron chi connectivity index (χ4n) is 1.85. The zero-order chi connectivity index (χ0) is 13.0. The average Bonchev–Trinajstić information content (AvgIpc) is 2.82. The van der Waals surface area contributed by atoms with E-state index in [-0.39, 0.29) is 6.54 Å². The van der Waals surface area contributed by atoms with Gasteiger partial charge >= 0.3 is 0 Å². The average molecular weight is 274 g/mol. The summed E-state index contributed by atoms with van der Waals surface area (Å²) in [6.45, 7) is 1.67. The Hall–Kier alpha value is -1.05. The zero-order valence-electron chi connectivity index (χ0n) is 9.80. The quantitative estimate of drug-likeness (QED) is 0.867. The Bertz CT molecular complexity index is 501. The van der Waals surface area contributed by atoms with Crippen molar-refractivity contribution in [3.63, 3.8) is 0 Å². The minimum atomic E-state index is -3.86. The molecule has 5 nitrogen and oxygen atoms in total. The Morgan fingerprint density at radius 2 is 2.39 bits per heavy atom. The molecule has 0 radical (unpaired) electrons. The second-order valence-electron chi connectivity index (χ2n) is 4.21. The van der Waals surface area contributed by atoms with E-state index in [0.717, 1.165) is 19.1 Å². The van der Waals surface area contributed by atoms with Gasteiger partial charge in [0.25, 0.3) is 10.0 Å². The highest BCUT2D eigenvalue weighted by atomic mass is 32.2. The lowest BCUT2D eigenvalue weighted by Gasteiger charge is -2.09. The summed E-state index contributed by atoms with van der Waals surface area (Å²) in [6, 6.07) is 2.43. The predicted octanol–water partition coefficient (Wildman–Crippen LogP) is 0.926. The highest BCUT2D eigenvalue weighted by molar-refractivity contribution is 7.89. The molecule has 1 aromatic rings. The molecule has 7 heteroatoms. The smallest absolute Gasteiger partial charge is 0.261 e. The van der Waals surface area contributed by atoms with Crippen molar-refractivity contribution in [1.29, 1.82) is 0 Å². The molecule has 0 amide bonds. The van der Waals surface area contributed by atoms with Crippen LogP contribution in [-0.4, -0.2) is 33.2 Å². The molecule has 18 heavy (non-hydrogen) atoms. The number of halogens is 1. The van der Waals surface area contributed by atoms with Gasteiger partial charge in [0.15, 0.2) is 5.82 Å². The SMILES string of the molecule is O=S(=O)(NCCC1CCOC1)c1ncccc1F. The lowest BCUT2D eigenvalue weighted by molar-refractivity contribution is 0.184. The number of nitrogens with zero attached hydrogens (tertiary/aromatic N) is 1. The normalized spacial score (nSPS) is 20.2. The molecule has 1 aromatic heterocycles. The largest absolute Gasteiger partial charge is 0.381 e. The first kappa shape index (κ1) is 13.4. The highest BCUT2D eigenvalue weighted by Gasteiger charge is 2.21. The van der Waals surface area contributed by atoms with E-state index in [2.05, 4.69) is 9.71 Å². The number of sulfonamides is 1. The molecule has 0 spiro atoms. The van der Waals surface area contributed by atoms with Crippen LogP contribution < -0.4 is 4.72 Å². The first-order chi connectivity index (χ1) is 8.59. The number of nitrogens with one attached hydrogen (secondary N) is 1. The summed E-state index contributed by atoms with van der Waals surface area (Å²) in [5.41, 5.74) is 0. The van der Waals surface area contributed by atoms with Gasteiger partial charge in [-0.2, -0.15) is 0 Å². The van der Waals surface area contributed by atoms with Crippen LogP contribution in [0.15, 0.2) is 23.4 Å². The van der Waals surface area contributed by atoms with Crippen LogP contribution in [0.25, 0.3) is 0 Å². The lowest BCUT2D eigenvalue weighted by Crippen LogP contribution is -2.27. The van der Waals surface area contributed by atoms with Gasteiger partial charge < -0.3 is 4.74 Å². The van der Waals surface area contributed by atoms with Crippen molar-refractivity contribution in [3.8, 4) is 0 Å². The molecule has 0 aliphatic carbocycles. The van der Waals surface area contributed by atoms with E-state index >= 15 is 0 Å². The molecule has 2 heterocycles. The number of pyridine rings is 1. The fourth-order valence-corrected chi connectivity index (χ4v) is 2.89. The van der Waals surface area contributed by atoms with E-state index in [1.807, 2.05) is 0 Å². The maximum absolute atomic E-state index is 13.3. The standard InChI is InChI=1S/C11H15FN2O3S/c12-10-2-1-5-13-11(10)18(15,16)14-6-3-9-4-7-17-8-9/h1-2,5,9,14H,3-4,6-8H2. The third-order valence-electron chi connectivity index (χ3n) is 2.85. The molecular formula is C11H15FN2O3S. The summed E-state index contributed by atoms with van der Waals surface area (Å²) in [6.07, 6.45) is 2.88. The van der Waals surface area contributed by atoms with E-state index in [1.165, 1.54) is 12.3 Å². The number of rotatable bonds is 5. The molecule has 1 saturated heterocycles. The van der Waals surface area contributed by atoms with Crippen molar-refractivity contribution < 1.29 is 17.5 Å². The van der Waals surface area contributed by atoms with Crippen molar-refractivity contribution in [3.05, 3.63) is 24.1 Å². The van der Waals surface area contributed by atoms with E-state index in [4.69, 9.17) is 4.74 Å². The first-order valence-corrected chi connectivity index (χ1v) is 7.26. The number of hydrogen-bond donors (Lipinski definition) is 1. The fraction of sp³-hybridized carbons (Fsp3) is 0.545. The summed E-state index contributed by atoms with van der Waals surface area (Å²) in [5, 5.41) is -0.548. The van der Waals surface area contributed by atoms with Crippen molar-refractivity contribution in [2.24, 2.45) is 5.92 Å². The van der Waals surface area contributed by atoms with Crippen molar-refractivity contribution in [2.75, 3.05) is 19.8 Å². The van der Waals surface area contributed by atoms with Crippen LogP contribution in [0.2, 0.25) is 0 Å². The maximum Gasteiger partial charge on any atom is 0.261 e. The molecule has 0 bridgehead atoms. The zero-order valence-corrected chi connectivity index (χ0v) is 10.6. The molecule has 1 aliphatic heterocycles.